The van der Waals surface area contributed by atoms with Crippen molar-refractivity contribution < 1.29 is 22.7 Å². The Morgan fingerprint density at radius 2 is 1.66 bits per heavy atom. The largest absolute Gasteiger partial charge is 0.417 e. The third-order valence-electron chi connectivity index (χ3n) is 5.83. The molecule has 1 heterocycles. The van der Waals surface area contributed by atoms with Crippen LogP contribution < -0.4 is 4.74 Å². The predicted octanol–water partition coefficient (Wildman–Crippen LogP) is 6.62. The van der Waals surface area contributed by atoms with E-state index in [1.807, 2.05) is 0 Å². The summed E-state index contributed by atoms with van der Waals surface area (Å²) in [6, 6.07) is 11.0. The van der Waals surface area contributed by atoms with E-state index >= 15 is 0 Å². The van der Waals surface area contributed by atoms with Crippen molar-refractivity contribution in [3.8, 4) is 5.75 Å². The smallest absolute Gasteiger partial charge is 0.343 e. The molecular weight excluding hydrogens is 393 g/mol. The zero-order chi connectivity index (χ0) is 20.8. The first-order valence-corrected chi connectivity index (χ1v) is 12.9. The van der Waals surface area contributed by atoms with Crippen LogP contribution in [0, 0.1) is 17.5 Å². The lowest BCUT2D eigenvalue weighted by atomic mass is 9.93. The number of carbonyl (C=O) groups is 1. The van der Waals surface area contributed by atoms with Crippen LogP contribution in [-0.2, 0) is 0 Å². The maximum Gasteiger partial charge on any atom is 0.343 e. The summed E-state index contributed by atoms with van der Waals surface area (Å²) in [7, 11) is -0.696. The zero-order valence-corrected chi connectivity index (χ0v) is 17.9. The van der Waals surface area contributed by atoms with Crippen LogP contribution in [0.15, 0.2) is 36.4 Å². The van der Waals surface area contributed by atoms with E-state index in [1.54, 1.807) is 0 Å². The lowest BCUT2D eigenvalue weighted by Crippen LogP contribution is -2.20. The van der Waals surface area contributed by atoms with E-state index < -0.39 is 38.0 Å². The maximum absolute atomic E-state index is 14.5. The SMILES string of the molecule is CCCCC[SiH]1CCC(c2cc(F)c(OC(=O)c3ccc(F)cc3)c(F)c2)CC1. The van der Waals surface area contributed by atoms with Gasteiger partial charge in [0, 0.05) is 8.80 Å². The van der Waals surface area contributed by atoms with Crippen molar-refractivity contribution in [2.24, 2.45) is 0 Å². The molecule has 0 amide bonds. The quantitative estimate of drug-likeness (QED) is 0.218. The lowest BCUT2D eigenvalue weighted by Gasteiger charge is -2.28. The number of carbonyl (C=O) groups excluding carboxylic acids is 1. The lowest BCUT2D eigenvalue weighted by molar-refractivity contribution is 0.0720. The molecule has 6 heteroatoms. The van der Waals surface area contributed by atoms with E-state index in [0.717, 1.165) is 25.0 Å². The maximum atomic E-state index is 14.5. The van der Waals surface area contributed by atoms with E-state index in [-0.39, 0.29) is 11.5 Å². The first-order chi connectivity index (χ1) is 14.0. The molecule has 1 aliphatic rings. The fourth-order valence-electron chi connectivity index (χ4n) is 4.12. The number of hydrogen-bond acceptors (Lipinski definition) is 2. The van der Waals surface area contributed by atoms with Gasteiger partial charge >= 0.3 is 5.97 Å². The normalized spacial score (nSPS) is 19.2. The first-order valence-electron chi connectivity index (χ1n) is 10.4. The van der Waals surface area contributed by atoms with Crippen molar-refractivity contribution in [1.29, 1.82) is 0 Å². The van der Waals surface area contributed by atoms with Gasteiger partial charge in [0.25, 0.3) is 0 Å². The van der Waals surface area contributed by atoms with Crippen LogP contribution in [0.4, 0.5) is 13.2 Å². The van der Waals surface area contributed by atoms with Crippen LogP contribution in [-0.4, -0.2) is 14.8 Å². The van der Waals surface area contributed by atoms with Crippen molar-refractivity contribution in [1.82, 2.24) is 0 Å². The van der Waals surface area contributed by atoms with Crippen molar-refractivity contribution in [2.75, 3.05) is 0 Å². The number of ether oxygens (including phenoxy) is 1. The molecule has 3 rings (SSSR count). The topological polar surface area (TPSA) is 26.3 Å². The summed E-state index contributed by atoms with van der Waals surface area (Å²) in [4.78, 5) is 12.1. The molecule has 29 heavy (non-hydrogen) atoms. The Balaban J connectivity index is 1.64. The van der Waals surface area contributed by atoms with Gasteiger partial charge in [-0.25, -0.2) is 18.0 Å². The standard InChI is InChI=1S/C23H27F3O2Si/c1-2-3-4-11-29-12-9-16(10-13-29)18-14-20(25)22(21(26)15-18)28-23(27)17-5-7-19(24)8-6-17/h5-8,14-16,29H,2-4,9-13H2,1H3. The van der Waals surface area contributed by atoms with E-state index in [9.17, 15) is 18.0 Å². The molecule has 0 bridgehead atoms. The second-order valence-corrected chi connectivity index (χ2v) is 11.4. The van der Waals surface area contributed by atoms with Crippen LogP contribution in [0.2, 0.25) is 18.1 Å². The van der Waals surface area contributed by atoms with Gasteiger partial charge in [-0.05, 0) is 60.7 Å². The summed E-state index contributed by atoms with van der Waals surface area (Å²) >= 11 is 0. The van der Waals surface area contributed by atoms with E-state index in [1.165, 1.54) is 61.7 Å². The summed E-state index contributed by atoms with van der Waals surface area (Å²) in [6.07, 6.45) is 5.81. The zero-order valence-electron chi connectivity index (χ0n) is 16.7. The van der Waals surface area contributed by atoms with Crippen LogP contribution in [0.25, 0.3) is 0 Å². The molecule has 1 fully saturated rings. The van der Waals surface area contributed by atoms with Gasteiger partial charge in [-0.15, -0.1) is 0 Å². The first kappa shape index (κ1) is 21.6. The third kappa shape index (κ3) is 5.72. The molecule has 2 aromatic carbocycles. The number of rotatable bonds is 7. The van der Waals surface area contributed by atoms with Gasteiger partial charge in [0.1, 0.15) is 5.82 Å². The highest BCUT2D eigenvalue weighted by atomic mass is 28.3. The molecular formula is C23H27F3O2Si. The minimum Gasteiger partial charge on any atom is -0.417 e. The molecule has 2 aromatic rings. The second kappa shape index (κ2) is 10.1. The van der Waals surface area contributed by atoms with Crippen molar-refractivity contribution in [3.63, 3.8) is 0 Å². The van der Waals surface area contributed by atoms with Gasteiger partial charge in [0.05, 0.1) is 5.56 Å². The summed E-state index contributed by atoms with van der Waals surface area (Å²) in [5.41, 5.74) is 0.670. The Bertz CT molecular complexity index is 808. The molecule has 0 N–H and O–H groups in total. The molecule has 1 aliphatic heterocycles. The highest BCUT2D eigenvalue weighted by Crippen LogP contribution is 2.37. The number of halogens is 3. The number of esters is 1. The van der Waals surface area contributed by atoms with Crippen molar-refractivity contribution >= 4 is 14.8 Å². The fraction of sp³-hybridized carbons (Fsp3) is 0.435. The third-order valence-corrected chi connectivity index (χ3v) is 9.35. The summed E-state index contributed by atoms with van der Waals surface area (Å²) in [6.45, 7) is 2.21. The molecule has 0 aliphatic carbocycles. The number of benzene rings is 2. The fourth-order valence-corrected chi connectivity index (χ4v) is 7.60. The average molecular weight is 421 g/mol. The van der Waals surface area contributed by atoms with Crippen LogP contribution in [0.5, 0.6) is 5.75 Å². The summed E-state index contributed by atoms with van der Waals surface area (Å²) < 4.78 is 46.9. The monoisotopic (exact) mass is 420 g/mol. The molecule has 156 valence electrons. The minimum atomic E-state index is -0.922. The van der Waals surface area contributed by atoms with Gasteiger partial charge in [0.2, 0.25) is 5.75 Å². The molecule has 0 spiro atoms. The Morgan fingerprint density at radius 3 is 2.24 bits per heavy atom. The molecule has 0 aromatic heterocycles. The molecule has 0 unspecified atom stereocenters. The Morgan fingerprint density at radius 1 is 1.03 bits per heavy atom. The average Bonchev–Trinajstić information content (AvgIpc) is 2.71. The van der Waals surface area contributed by atoms with E-state index in [4.69, 9.17) is 4.74 Å². The van der Waals surface area contributed by atoms with Crippen molar-refractivity contribution in [3.05, 3.63) is 65.0 Å². The minimum absolute atomic E-state index is 0.0284. The molecule has 1 saturated heterocycles. The molecule has 0 atom stereocenters. The molecule has 0 radical (unpaired) electrons. The Labute approximate surface area is 171 Å². The van der Waals surface area contributed by atoms with Crippen LogP contribution in [0.1, 0.15) is 60.9 Å². The number of unbranched alkanes of at least 4 members (excludes halogenated alkanes) is 2. The molecule has 2 nitrogen and oxygen atoms in total. The highest BCUT2D eigenvalue weighted by Gasteiger charge is 2.26. The molecule has 0 saturated carbocycles. The van der Waals surface area contributed by atoms with Crippen LogP contribution >= 0.6 is 0 Å². The van der Waals surface area contributed by atoms with Gasteiger partial charge in [-0.3, -0.25) is 0 Å². The summed E-state index contributed by atoms with van der Waals surface area (Å²) in [5, 5.41) is 0. The van der Waals surface area contributed by atoms with Gasteiger partial charge < -0.3 is 4.74 Å². The summed E-state index contributed by atoms with van der Waals surface area (Å²) in [5.74, 6) is -3.72. The van der Waals surface area contributed by atoms with E-state index in [2.05, 4.69) is 6.92 Å². The van der Waals surface area contributed by atoms with Crippen LogP contribution in [0.3, 0.4) is 0 Å². The number of hydrogen-bond donors (Lipinski definition) is 0. The van der Waals surface area contributed by atoms with E-state index in [0.29, 0.717) is 5.56 Å². The Hall–Kier alpha value is -2.08. The van der Waals surface area contributed by atoms with Gasteiger partial charge in [-0.2, -0.15) is 0 Å². The van der Waals surface area contributed by atoms with Gasteiger partial charge in [0.15, 0.2) is 11.6 Å². The highest BCUT2D eigenvalue weighted by molar-refractivity contribution is 6.59. The predicted molar refractivity (Wildman–Crippen MR) is 111 cm³/mol. The van der Waals surface area contributed by atoms with Gasteiger partial charge in [-0.1, -0.05) is 44.3 Å². The Kier molecular flexibility index (Phi) is 7.53. The second-order valence-electron chi connectivity index (χ2n) is 7.92. The van der Waals surface area contributed by atoms with Crippen molar-refractivity contribution in [2.45, 2.75) is 63.1 Å².